The van der Waals surface area contributed by atoms with Crippen LogP contribution in [0.25, 0.3) is 11.0 Å². The smallest absolute Gasteiger partial charge is 0.407 e. The number of fused-ring (bicyclic) bond motifs is 1. The number of hydrogen-bond donors (Lipinski definition) is 2. The predicted molar refractivity (Wildman–Crippen MR) is 142 cm³/mol. The van der Waals surface area contributed by atoms with Crippen LogP contribution in [0.15, 0.2) is 70.7 Å². The molecule has 0 bridgehead atoms. The molecule has 0 atom stereocenters. The molecule has 1 heterocycles. The molecule has 0 aliphatic rings. The van der Waals surface area contributed by atoms with Crippen molar-refractivity contribution < 1.29 is 9.53 Å². The number of halogens is 2. The van der Waals surface area contributed by atoms with Gasteiger partial charge in [-0.3, -0.25) is 0 Å². The summed E-state index contributed by atoms with van der Waals surface area (Å²) in [6.07, 6.45) is -0.459. The number of amides is 1. The second-order valence-electron chi connectivity index (χ2n) is 7.47. The van der Waals surface area contributed by atoms with E-state index in [1.165, 1.54) is 16.0 Å². The molecule has 0 aliphatic carbocycles. The standard InChI is InChI=1S/C25H23Cl2N3O2S2/c1-16-18(15-34-24-29-21-6-2-3-7-22(21)30-24)5-4-8-23(16)33-12-11-32-25(31)28-14-17-9-10-19(26)20(27)13-17/h2-10,13H,11-12,14-15H2,1H3,(H,28,31)(H,29,30). The molecule has 3 aromatic carbocycles. The molecule has 9 heteroatoms. The Morgan fingerprint density at radius 3 is 2.74 bits per heavy atom. The number of imidazole rings is 1. The number of ether oxygens (including phenoxy) is 1. The van der Waals surface area contributed by atoms with Crippen molar-refractivity contribution in [1.82, 2.24) is 15.3 Å². The van der Waals surface area contributed by atoms with Crippen LogP contribution in [0.4, 0.5) is 4.79 Å². The van der Waals surface area contributed by atoms with Gasteiger partial charge in [0, 0.05) is 22.9 Å². The maximum Gasteiger partial charge on any atom is 0.407 e. The average Bonchev–Trinajstić information content (AvgIpc) is 3.26. The minimum Gasteiger partial charge on any atom is -0.449 e. The molecule has 0 fully saturated rings. The number of thioether (sulfide) groups is 2. The first-order chi connectivity index (χ1) is 16.5. The largest absolute Gasteiger partial charge is 0.449 e. The van der Waals surface area contributed by atoms with Gasteiger partial charge in [0.15, 0.2) is 5.16 Å². The summed E-state index contributed by atoms with van der Waals surface area (Å²) in [7, 11) is 0. The number of hydrogen-bond acceptors (Lipinski definition) is 5. The lowest BCUT2D eigenvalue weighted by Gasteiger charge is -2.11. The molecule has 0 unspecified atom stereocenters. The number of benzene rings is 3. The zero-order valence-corrected chi connectivity index (χ0v) is 21.6. The van der Waals surface area contributed by atoms with Gasteiger partial charge in [-0.25, -0.2) is 9.78 Å². The van der Waals surface area contributed by atoms with Gasteiger partial charge in [-0.15, -0.1) is 11.8 Å². The SMILES string of the molecule is Cc1c(CSc2nc3ccccc3[nH]2)cccc1SCCOC(=O)NCc1ccc(Cl)c(Cl)c1. The number of carbonyl (C=O) groups is 1. The maximum absolute atomic E-state index is 12.0. The van der Waals surface area contributed by atoms with Crippen molar-refractivity contribution in [2.45, 2.75) is 29.3 Å². The summed E-state index contributed by atoms with van der Waals surface area (Å²) in [5, 5.41) is 4.58. The molecule has 5 nitrogen and oxygen atoms in total. The Kier molecular flexibility index (Phi) is 8.67. The molecule has 1 amide bonds. The third-order valence-electron chi connectivity index (χ3n) is 5.12. The van der Waals surface area contributed by atoms with Crippen molar-refractivity contribution in [3.63, 3.8) is 0 Å². The molecule has 176 valence electrons. The molecule has 0 spiro atoms. The summed E-state index contributed by atoms with van der Waals surface area (Å²) in [6.45, 7) is 2.77. The number of alkyl carbamates (subject to hydrolysis) is 1. The fraction of sp³-hybridized carbons (Fsp3) is 0.200. The monoisotopic (exact) mass is 531 g/mol. The third-order valence-corrected chi connectivity index (χ3v) is 7.91. The molecular weight excluding hydrogens is 509 g/mol. The highest BCUT2D eigenvalue weighted by Crippen LogP contribution is 2.29. The molecule has 4 aromatic rings. The Labute approximate surface area is 217 Å². The van der Waals surface area contributed by atoms with E-state index in [4.69, 9.17) is 27.9 Å². The van der Waals surface area contributed by atoms with Gasteiger partial charge in [0.2, 0.25) is 0 Å². The Morgan fingerprint density at radius 2 is 1.91 bits per heavy atom. The Balaban J connectivity index is 1.22. The number of nitrogens with zero attached hydrogens (tertiary/aromatic N) is 1. The van der Waals surface area contributed by atoms with E-state index in [0.717, 1.165) is 27.5 Å². The van der Waals surface area contributed by atoms with Crippen LogP contribution in [0.1, 0.15) is 16.7 Å². The average molecular weight is 533 g/mol. The van der Waals surface area contributed by atoms with Gasteiger partial charge < -0.3 is 15.0 Å². The molecule has 34 heavy (non-hydrogen) atoms. The summed E-state index contributed by atoms with van der Waals surface area (Å²) in [6, 6.07) is 19.6. The molecule has 1 aromatic heterocycles. The van der Waals surface area contributed by atoms with Crippen molar-refractivity contribution in [1.29, 1.82) is 0 Å². The second-order valence-corrected chi connectivity index (χ2v) is 10.4. The van der Waals surface area contributed by atoms with Crippen LogP contribution in [-0.2, 0) is 17.0 Å². The van der Waals surface area contributed by atoms with E-state index in [1.807, 2.05) is 30.3 Å². The first-order valence-corrected chi connectivity index (χ1v) is 13.4. The van der Waals surface area contributed by atoms with Crippen molar-refractivity contribution in [3.05, 3.63) is 87.4 Å². The van der Waals surface area contributed by atoms with E-state index in [1.54, 1.807) is 35.7 Å². The normalized spacial score (nSPS) is 11.0. The minimum absolute atomic E-state index is 0.315. The molecule has 0 aliphatic heterocycles. The highest BCUT2D eigenvalue weighted by molar-refractivity contribution is 7.99. The zero-order chi connectivity index (χ0) is 23.9. The van der Waals surface area contributed by atoms with Crippen LogP contribution in [0, 0.1) is 6.92 Å². The first kappa shape index (κ1) is 24.8. The number of para-hydroxylation sites is 2. The molecule has 0 radical (unpaired) electrons. The van der Waals surface area contributed by atoms with Gasteiger partial charge in [-0.2, -0.15) is 0 Å². The second kappa shape index (κ2) is 11.9. The molecule has 4 rings (SSSR count). The predicted octanol–water partition coefficient (Wildman–Crippen LogP) is 7.49. The first-order valence-electron chi connectivity index (χ1n) is 10.6. The lowest BCUT2D eigenvalue weighted by Crippen LogP contribution is -2.24. The van der Waals surface area contributed by atoms with Gasteiger partial charge in [0.1, 0.15) is 6.61 Å². The van der Waals surface area contributed by atoms with Crippen molar-refractivity contribution in [2.75, 3.05) is 12.4 Å². The van der Waals surface area contributed by atoms with Gasteiger partial charge in [0.25, 0.3) is 0 Å². The lowest BCUT2D eigenvalue weighted by atomic mass is 10.1. The molecular formula is C25H23Cl2N3O2S2. The summed E-state index contributed by atoms with van der Waals surface area (Å²) in [5.41, 5.74) is 5.38. The zero-order valence-electron chi connectivity index (χ0n) is 18.4. The van der Waals surface area contributed by atoms with E-state index >= 15 is 0 Å². The summed E-state index contributed by atoms with van der Waals surface area (Å²) >= 11 is 15.3. The van der Waals surface area contributed by atoms with E-state index in [-0.39, 0.29) is 0 Å². The summed E-state index contributed by atoms with van der Waals surface area (Å²) < 4.78 is 5.30. The van der Waals surface area contributed by atoms with E-state index in [9.17, 15) is 4.79 Å². The van der Waals surface area contributed by atoms with Crippen LogP contribution >= 0.6 is 46.7 Å². The highest BCUT2D eigenvalue weighted by atomic mass is 35.5. The molecule has 0 saturated carbocycles. The number of nitrogens with one attached hydrogen (secondary N) is 2. The Bertz CT molecular complexity index is 1260. The summed E-state index contributed by atoms with van der Waals surface area (Å²) in [4.78, 5) is 21.1. The van der Waals surface area contributed by atoms with Crippen molar-refractivity contribution >= 4 is 63.9 Å². The number of aromatic nitrogens is 2. The lowest BCUT2D eigenvalue weighted by molar-refractivity contribution is 0.152. The van der Waals surface area contributed by atoms with E-state index < -0.39 is 6.09 Å². The van der Waals surface area contributed by atoms with E-state index in [2.05, 4.69) is 40.4 Å². The van der Waals surface area contributed by atoms with Crippen LogP contribution in [0.3, 0.4) is 0 Å². The Morgan fingerprint density at radius 1 is 1.06 bits per heavy atom. The topological polar surface area (TPSA) is 67.0 Å². The number of rotatable bonds is 9. The maximum atomic E-state index is 12.0. The van der Waals surface area contributed by atoms with Crippen LogP contribution in [-0.4, -0.2) is 28.4 Å². The quantitative estimate of drug-likeness (QED) is 0.173. The van der Waals surface area contributed by atoms with Crippen molar-refractivity contribution in [3.8, 4) is 0 Å². The van der Waals surface area contributed by atoms with Gasteiger partial charge >= 0.3 is 6.09 Å². The van der Waals surface area contributed by atoms with Crippen LogP contribution in [0.2, 0.25) is 10.0 Å². The fourth-order valence-corrected chi connectivity index (χ4v) is 5.46. The van der Waals surface area contributed by atoms with E-state index in [0.29, 0.717) is 28.9 Å². The third kappa shape index (κ3) is 6.63. The highest BCUT2D eigenvalue weighted by Gasteiger charge is 2.09. The van der Waals surface area contributed by atoms with Gasteiger partial charge in [0.05, 0.1) is 21.1 Å². The number of H-pyrrole nitrogens is 1. The summed E-state index contributed by atoms with van der Waals surface area (Å²) in [5.74, 6) is 1.49. The minimum atomic E-state index is -0.459. The number of aromatic amines is 1. The number of carbonyl (C=O) groups excluding carboxylic acids is 1. The molecule has 2 N–H and O–H groups in total. The molecule has 0 saturated heterocycles. The Hall–Kier alpha value is -2.32. The van der Waals surface area contributed by atoms with Crippen LogP contribution < -0.4 is 5.32 Å². The van der Waals surface area contributed by atoms with Gasteiger partial charge in [-0.1, -0.05) is 65.3 Å². The van der Waals surface area contributed by atoms with Gasteiger partial charge in [-0.05, 0) is 53.9 Å². The van der Waals surface area contributed by atoms with Crippen molar-refractivity contribution in [2.24, 2.45) is 0 Å². The van der Waals surface area contributed by atoms with Crippen LogP contribution in [0.5, 0.6) is 0 Å². The fourth-order valence-electron chi connectivity index (χ4n) is 3.28.